The molecule has 0 saturated heterocycles. The second-order valence-electron chi connectivity index (χ2n) is 1.74. The number of nitrogens with zero attached hydrogens (tertiary/aromatic N) is 6. The summed E-state index contributed by atoms with van der Waals surface area (Å²) in [5, 5.41) is 42.5. The predicted octanol–water partition coefficient (Wildman–Crippen LogP) is -0.350. The molecule has 0 aromatic heterocycles. The van der Waals surface area contributed by atoms with Crippen LogP contribution in [0, 0.1) is 56.1 Å². The van der Waals surface area contributed by atoms with Crippen LogP contribution in [0.1, 0.15) is 0 Å². The van der Waals surface area contributed by atoms with E-state index < -0.39 is 11.0 Å². The van der Waals surface area contributed by atoms with Crippen LogP contribution in [0.15, 0.2) is 4.19 Å². The van der Waals surface area contributed by atoms with Crippen LogP contribution >= 0.6 is 0 Å². The Balaban J connectivity index is 0. The fourth-order valence-electron chi connectivity index (χ4n) is 0.249. The molecule has 0 bridgehead atoms. The Morgan fingerprint density at radius 2 is 1.00 bits per heavy atom. The zero-order valence-electron chi connectivity index (χ0n) is 5.95. The van der Waals surface area contributed by atoms with Gasteiger partial charge in [-0.3, -0.25) is 0 Å². The molecule has 0 fully saturated rings. The maximum atomic E-state index is 10.3. The van der Waals surface area contributed by atoms with Gasteiger partial charge in [-0.15, -0.1) is 0 Å². The van der Waals surface area contributed by atoms with E-state index in [2.05, 4.69) is 0 Å². The first-order valence-electron chi connectivity index (χ1n) is 2.34. The third kappa shape index (κ3) is 1.19. The van der Waals surface area contributed by atoms with Crippen molar-refractivity contribution < 1.29 is 11.0 Å². The normalized spacial score (nSPS) is 12.8. The first kappa shape index (κ1) is 15.1. The van der Waals surface area contributed by atoms with Gasteiger partial charge in [0.2, 0.25) is 0 Å². The Morgan fingerprint density at radius 1 is 0.786 bits per heavy atom. The molecule has 0 aromatic rings. The van der Waals surface area contributed by atoms with Crippen molar-refractivity contribution in [1.82, 2.24) is 0 Å². The molecule has 0 aliphatic rings. The zero-order valence-corrected chi connectivity index (χ0v) is 7.05. The molecule has 66 valence electrons. The second kappa shape index (κ2) is 3.37. The van der Waals surface area contributed by atoms with Gasteiger partial charge in [0.1, 0.15) is 0 Å². The molecule has 0 atom stereocenters. The van der Waals surface area contributed by atoms with Crippen LogP contribution in [0.25, 0.3) is 0 Å². The monoisotopic (exact) mass is 240 g/mol. The van der Waals surface area contributed by atoms with Gasteiger partial charge in [0.05, 0.1) is 0 Å². The van der Waals surface area contributed by atoms with Crippen molar-refractivity contribution in [3.63, 3.8) is 0 Å². The Kier molecular flexibility index (Phi) is 3.63. The summed E-state index contributed by atoms with van der Waals surface area (Å²) in [4.78, 5) is 14.9. The number of nitriles is 5. The molecule has 0 aliphatic carbocycles. The van der Waals surface area contributed by atoms with E-state index >= 15 is 0 Å². The number of rotatable bonds is 1. The van der Waals surface area contributed by atoms with Crippen LogP contribution in [0.4, 0.5) is 0 Å². The van der Waals surface area contributed by atoms with Gasteiger partial charge in [-0.25, -0.2) is 0 Å². The molecule has 0 N–H and O–H groups in total. The van der Waals surface area contributed by atoms with Gasteiger partial charge >= 0.3 is 101 Å². The quantitative estimate of drug-likeness (QED) is 0.451. The van der Waals surface area contributed by atoms with E-state index in [1.807, 2.05) is 4.19 Å². The molecule has 7 nitrogen and oxygen atoms in total. The van der Waals surface area contributed by atoms with Crippen LogP contribution in [0.5, 0.6) is 0 Å². The average Bonchev–Trinajstić information content (AvgIpc) is 2.26. The zero-order chi connectivity index (χ0) is 10.7. The minimum atomic E-state index is -6.40. The summed E-state index contributed by atoms with van der Waals surface area (Å²) in [5.74, 6) is 0. The summed E-state index contributed by atoms with van der Waals surface area (Å²) in [6.07, 6.45) is 0. The van der Waals surface area contributed by atoms with E-state index in [4.69, 9.17) is 26.3 Å². The van der Waals surface area contributed by atoms with Gasteiger partial charge in [0.15, 0.2) is 0 Å². The summed E-state index contributed by atoms with van der Waals surface area (Å²) >= 11 is 0. The third-order valence-corrected chi connectivity index (χ3v) is 4.65. The van der Waals surface area contributed by atoms with Gasteiger partial charge in [0, 0.05) is 0 Å². The summed E-state index contributed by atoms with van der Waals surface area (Å²) in [5.41, 5.74) is 0. The van der Waals surface area contributed by atoms with Crippen LogP contribution in [0.2, 0.25) is 0 Å². The van der Waals surface area contributed by atoms with Crippen LogP contribution in [-0.2, 0) is 11.0 Å². The molecule has 0 aliphatic heterocycles. The van der Waals surface area contributed by atoms with Crippen molar-refractivity contribution in [1.29, 1.82) is 26.3 Å². The average molecular weight is 240 g/mol. The topological polar surface area (TPSA) is 148 Å². The Hall–Kier alpha value is -1.43. The molecular formula is C5HFeN6NaO. The van der Waals surface area contributed by atoms with Crippen LogP contribution < -0.4 is 0 Å². The molecule has 0 radical (unpaired) electrons. The van der Waals surface area contributed by atoms with Gasteiger partial charge in [-0.2, -0.15) is 0 Å². The first-order chi connectivity index (χ1) is 5.97. The fourth-order valence-corrected chi connectivity index (χ4v) is 1.03. The molecule has 0 saturated carbocycles. The molecule has 0 amide bonds. The SMILES string of the molecule is N#[C][Fe]([C]#N)([C]#N)([C]#N)([C]#N)[N]=O.[NaH]. The first-order valence-corrected chi connectivity index (χ1v) is 5.60. The number of nitroso groups, excluding NO2 is 1. The minimum absolute atomic E-state index is 0. The predicted molar refractivity (Wildman–Crippen MR) is 41.0 cm³/mol. The van der Waals surface area contributed by atoms with Crippen molar-refractivity contribution >= 4 is 29.6 Å². The van der Waals surface area contributed by atoms with Gasteiger partial charge in [-0.05, 0) is 0 Å². The van der Waals surface area contributed by atoms with E-state index in [0.29, 0.717) is 0 Å². The van der Waals surface area contributed by atoms with Gasteiger partial charge < -0.3 is 0 Å². The second-order valence-corrected chi connectivity index (χ2v) is 7.17. The summed E-state index contributed by atoms with van der Waals surface area (Å²) < 4.78 is 1.97. The van der Waals surface area contributed by atoms with Crippen LogP contribution in [-0.4, -0.2) is 29.6 Å². The number of hydrogen-bond donors (Lipinski definition) is 0. The Labute approximate surface area is 100 Å². The summed E-state index contributed by atoms with van der Waals surface area (Å²) in [6.45, 7) is 0. The van der Waals surface area contributed by atoms with E-state index in [0.717, 1.165) is 24.8 Å². The fraction of sp³-hybridized carbons (Fsp3) is 0. The number of hydrogen-bond acceptors (Lipinski definition) is 7. The Morgan fingerprint density at radius 3 is 1.00 bits per heavy atom. The molecule has 14 heavy (non-hydrogen) atoms. The van der Waals surface area contributed by atoms with Crippen molar-refractivity contribution in [3.8, 4) is 24.8 Å². The summed E-state index contributed by atoms with van der Waals surface area (Å²) in [6, 6.07) is 0. The molecular weight excluding hydrogens is 239 g/mol. The van der Waals surface area contributed by atoms with Crippen molar-refractivity contribution in [3.05, 3.63) is 4.91 Å². The molecule has 0 aromatic carbocycles. The Bertz CT molecular complexity index is 398. The van der Waals surface area contributed by atoms with Crippen molar-refractivity contribution in [2.24, 2.45) is 4.19 Å². The van der Waals surface area contributed by atoms with E-state index in [1.165, 1.54) is 0 Å². The summed E-state index contributed by atoms with van der Waals surface area (Å²) in [7, 11) is -6.40. The van der Waals surface area contributed by atoms with Gasteiger partial charge in [0.25, 0.3) is 0 Å². The molecule has 0 spiro atoms. The van der Waals surface area contributed by atoms with Crippen molar-refractivity contribution in [2.45, 2.75) is 0 Å². The maximum absolute atomic E-state index is 10.3. The van der Waals surface area contributed by atoms with Crippen LogP contribution in [0.3, 0.4) is 0 Å². The molecule has 0 rings (SSSR count). The van der Waals surface area contributed by atoms with E-state index in [9.17, 15) is 4.91 Å². The van der Waals surface area contributed by atoms with E-state index in [1.54, 1.807) is 0 Å². The standard InChI is InChI=1S/5CN.Fe.NO.Na.H/c5*1-2;;1-2;;/q;;;;;+1;-1;;. The van der Waals surface area contributed by atoms with E-state index in [-0.39, 0.29) is 29.6 Å². The van der Waals surface area contributed by atoms with Crippen molar-refractivity contribution in [2.75, 3.05) is 0 Å². The molecule has 0 unspecified atom stereocenters. The molecule has 0 heterocycles. The van der Waals surface area contributed by atoms with Gasteiger partial charge in [-0.1, -0.05) is 0 Å². The third-order valence-electron chi connectivity index (χ3n) is 1.13. The molecule has 9 heteroatoms.